The molecule has 0 fully saturated rings. The van der Waals surface area contributed by atoms with Gasteiger partial charge >= 0.3 is 0 Å². The van der Waals surface area contributed by atoms with Crippen molar-refractivity contribution in [3.8, 4) is 0 Å². The standard InChI is InChI=1S/C20H23ClN4O2S2/c1-3-25-19(15(2)24-29(26,27)18-11-9-17(21)10-12-18)22-23-20(25)28-14-13-16-7-5-4-6-8-16/h4-12,15,24H,3,13-14H2,1-2H3/t15-/m1/s1. The van der Waals surface area contributed by atoms with Gasteiger partial charge in [0, 0.05) is 17.3 Å². The number of nitrogens with one attached hydrogen (secondary N) is 1. The minimum absolute atomic E-state index is 0.161. The van der Waals surface area contributed by atoms with Gasteiger partial charge < -0.3 is 4.57 Å². The van der Waals surface area contributed by atoms with E-state index < -0.39 is 16.1 Å². The summed E-state index contributed by atoms with van der Waals surface area (Å²) in [7, 11) is -3.69. The van der Waals surface area contributed by atoms with Gasteiger partial charge in [0.2, 0.25) is 10.0 Å². The zero-order valence-electron chi connectivity index (χ0n) is 16.2. The minimum atomic E-state index is -3.69. The van der Waals surface area contributed by atoms with Gasteiger partial charge in [-0.1, -0.05) is 53.7 Å². The first kappa shape index (κ1) is 21.8. The molecule has 0 spiro atoms. The van der Waals surface area contributed by atoms with E-state index in [-0.39, 0.29) is 4.90 Å². The molecule has 0 saturated carbocycles. The molecule has 0 aliphatic rings. The summed E-state index contributed by atoms with van der Waals surface area (Å²) in [6.07, 6.45) is 0.927. The van der Waals surface area contributed by atoms with Crippen molar-refractivity contribution in [2.75, 3.05) is 5.75 Å². The third-order valence-electron chi connectivity index (χ3n) is 4.37. The second-order valence-electron chi connectivity index (χ2n) is 6.47. The van der Waals surface area contributed by atoms with Crippen molar-refractivity contribution in [1.29, 1.82) is 0 Å². The largest absolute Gasteiger partial charge is 0.305 e. The monoisotopic (exact) mass is 450 g/mol. The Morgan fingerprint density at radius 2 is 1.79 bits per heavy atom. The van der Waals surface area contributed by atoms with Crippen LogP contribution in [0.5, 0.6) is 0 Å². The zero-order valence-corrected chi connectivity index (χ0v) is 18.6. The number of aromatic nitrogens is 3. The van der Waals surface area contributed by atoms with Gasteiger partial charge in [-0.2, -0.15) is 0 Å². The molecule has 0 saturated heterocycles. The molecule has 0 aliphatic carbocycles. The number of aryl methyl sites for hydroxylation is 1. The second kappa shape index (κ2) is 9.75. The van der Waals surface area contributed by atoms with Gasteiger partial charge in [-0.05, 0) is 50.1 Å². The Morgan fingerprint density at radius 3 is 2.45 bits per heavy atom. The first-order valence-electron chi connectivity index (χ1n) is 9.28. The van der Waals surface area contributed by atoms with Crippen LogP contribution in [0.1, 0.15) is 31.3 Å². The van der Waals surface area contributed by atoms with E-state index in [0.29, 0.717) is 17.4 Å². The van der Waals surface area contributed by atoms with Crippen LogP contribution in [0.2, 0.25) is 5.02 Å². The normalized spacial score (nSPS) is 12.8. The van der Waals surface area contributed by atoms with Crippen molar-refractivity contribution in [1.82, 2.24) is 19.5 Å². The van der Waals surface area contributed by atoms with E-state index in [9.17, 15) is 8.42 Å². The van der Waals surface area contributed by atoms with Crippen LogP contribution in [-0.2, 0) is 23.0 Å². The highest BCUT2D eigenvalue weighted by atomic mass is 35.5. The predicted molar refractivity (Wildman–Crippen MR) is 117 cm³/mol. The number of halogens is 1. The van der Waals surface area contributed by atoms with Crippen molar-refractivity contribution in [2.45, 2.75) is 42.9 Å². The van der Waals surface area contributed by atoms with E-state index in [4.69, 9.17) is 11.6 Å². The lowest BCUT2D eigenvalue weighted by Crippen LogP contribution is -2.29. The van der Waals surface area contributed by atoms with Crippen LogP contribution in [0, 0.1) is 0 Å². The van der Waals surface area contributed by atoms with Gasteiger partial charge in [0.25, 0.3) is 0 Å². The summed E-state index contributed by atoms with van der Waals surface area (Å²) < 4.78 is 29.9. The van der Waals surface area contributed by atoms with Crippen molar-refractivity contribution >= 4 is 33.4 Å². The molecule has 0 radical (unpaired) electrons. The van der Waals surface area contributed by atoms with Crippen molar-refractivity contribution < 1.29 is 8.42 Å². The molecule has 0 bridgehead atoms. The maximum absolute atomic E-state index is 12.6. The van der Waals surface area contributed by atoms with Gasteiger partial charge in [0.1, 0.15) is 0 Å². The summed E-state index contributed by atoms with van der Waals surface area (Å²) in [5.74, 6) is 1.46. The van der Waals surface area contributed by atoms with Crippen LogP contribution >= 0.6 is 23.4 Å². The summed E-state index contributed by atoms with van der Waals surface area (Å²) in [4.78, 5) is 0.161. The molecule has 29 heavy (non-hydrogen) atoms. The zero-order chi connectivity index (χ0) is 20.9. The topological polar surface area (TPSA) is 76.9 Å². The van der Waals surface area contributed by atoms with Crippen LogP contribution in [0.25, 0.3) is 0 Å². The van der Waals surface area contributed by atoms with E-state index in [2.05, 4.69) is 27.1 Å². The molecule has 6 nitrogen and oxygen atoms in total. The fourth-order valence-electron chi connectivity index (χ4n) is 2.90. The highest BCUT2D eigenvalue weighted by Gasteiger charge is 2.23. The number of nitrogens with zero attached hydrogens (tertiary/aromatic N) is 3. The Hall–Kier alpha value is -1.87. The van der Waals surface area contributed by atoms with E-state index in [1.54, 1.807) is 30.8 Å². The van der Waals surface area contributed by atoms with Gasteiger partial charge in [0.05, 0.1) is 10.9 Å². The molecule has 1 aromatic heterocycles. The van der Waals surface area contributed by atoms with Crippen molar-refractivity contribution in [3.05, 3.63) is 71.0 Å². The smallest absolute Gasteiger partial charge is 0.241 e. The fraction of sp³-hybridized carbons (Fsp3) is 0.300. The summed E-state index contributed by atoms with van der Waals surface area (Å²) >= 11 is 7.47. The molecular formula is C20H23ClN4O2S2. The molecule has 1 atom stereocenters. The van der Waals surface area contributed by atoms with Crippen LogP contribution in [-0.4, -0.2) is 28.9 Å². The van der Waals surface area contributed by atoms with Gasteiger partial charge in [-0.25, -0.2) is 13.1 Å². The minimum Gasteiger partial charge on any atom is -0.305 e. The lowest BCUT2D eigenvalue weighted by Gasteiger charge is -2.15. The lowest BCUT2D eigenvalue weighted by atomic mass is 10.2. The molecule has 3 rings (SSSR count). The molecule has 2 aromatic carbocycles. The molecular weight excluding hydrogens is 428 g/mol. The lowest BCUT2D eigenvalue weighted by molar-refractivity contribution is 0.539. The highest BCUT2D eigenvalue weighted by molar-refractivity contribution is 7.99. The molecule has 0 amide bonds. The Labute approximate surface area is 180 Å². The van der Waals surface area contributed by atoms with Gasteiger partial charge in [-0.3, -0.25) is 0 Å². The van der Waals surface area contributed by atoms with Gasteiger partial charge in [0.15, 0.2) is 11.0 Å². The Balaban J connectivity index is 1.69. The average Bonchev–Trinajstić information content (AvgIpc) is 3.12. The van der Waals surface area contributed by atoms with Crippen LogP contribution in [0.4, 0.5) is 0 Å². The number of thioether (sulfide) groups is 1. The molecule has 9 heteroatoms. The Bertz CT molecular complexity index is 1040. The van der Waals surface area contributed by atoms with Crippen LogP contribution in [0.15, 0.2) is 64.6 Å². The molecule has 154 valence electrons. The van der Waals surface area contributed by atoms with Crippen molar-refractivity contribution in [3.63, 3.8) is 0 Å². The number of benzene rings is 2. The van der Waals surface area contributed by atoms with E-state index in [0.717, 1.165) is 17.3 Å². The highest BCUT2D eigenvalue weighted by Crippen LogP contribution is 2.23. The molecule has 3 aromatic rings. The van der Waals surface area contributed by atoms with E-state index in [1.807, 2.05) is 29.7 Å². The predicted octanol–water partition coefficient (Wildman–Crippen LogP) is 4.33. The maximum Gasteiger partial charge on any atom is 0.241 e. The molecule has 0 unspecified atom stereocenters. The average molecular weight is 451 g/mol. The number of rotatable bonds is 9. The summed E-state index contributed by atoms with van der Waals surface area (Å²) in [6.45, 7) is 4.42. The van der Waals surface area contributed by atoms with Crippen LogP contribution in [0.3, 0.4) is 0 Å². The second-order valence-corrected chi connectivity index (χ2v) is 9.68. The number of hydrogen-bond donors (Lipinski definition) is 1. The Morgan fingerprint density at radius 1 is 1.10 bits per heavy atom. The molecule has 1 N–H and O–H groups in total. The summed E-state index contributed by atoms with van der Waals surface area (Å²) in [5, 5.41) is 9.80. The van der Waals surface area contributed by atoms with Crippen molar-refractivity contribution in [2.24, 2.45) is 0 Å². The molecule has 1 heterocycles. The quantitative estimate of drug-likeness (QED) is 0.491. The van der Waals surface area contributed by atoms with Crippen LogP contribution < -0.4 is 4.72 Å². The number of sulfonamides is 1. The SMILES string of the molecule is CCn1c(SCCc2ccccc2)nnc1[C@@H](C)NS(=O)(=O)c1ccc(Cl)cc1. The third kappa shape index (κ3) is 5.60. The van der Waals surface area contributed by atoms with Gasteiger partial charge in [-0.15, -0.1) is 10.2 Å². The van der Waals surface area contributed by atoms with E-state index in [1.165, 1.54) is 17.7 Å². The number of hydrogen-bond acceptors (Lipinski definition) is 5. The fourth-order valence-corrected chi connectivity index (χ4v) is 5.22. The Kier molecular flexibility index (Phi) is 7.34. The maximum atomic E-state index is 12.6. The summed E-state index contributed by atoms with van der Waals surface area (Å²) in [6, 6.07) is 15.8. The van der Waals surface area contributed by atoms with E-state index >= 15 is 0 Å². The first-order chi connectivity index (χ1) is 13.9. The third-order valence-corrected chi connectivity index (χ3v) is 7.15. The summed E-state index contributed by atoms with van der Waals surface area (Å²) in [5.41, 5.74) is 1.27. The molecule has 0 aliphatic heterocycles. The first-order valence-corrected chi connectivity index (χ1v) is 12.1.